The number of fused-ring (bicyclic) bond motifs is 1. The lowest BCUT2D eigenvalue weighted by molar-refractivity contribution is -0.137. The molecule has 10 heteroatoms. The molecule has 1 saturated heterocycles. The molecule has 0 bridgehead atoms. The van der Waals surface area contributed by atoms with Crippen molar-refractivity contribution in [3.63, 3.8) is 0 Å². The first-order chi connectivity index (χ1) is 15.3. The van der Waals surface area contributed by atoms with E-state index in [-0.39, 0.29) is 5.41 Å². The second kappa shape index (κ2) is 7.91. The van der Waals surface area contributed by atoms with Gasteiger partial charge in [-0.25, -0.2) is 4.98 Å². The molecule has 3 heterocycles. The first-order valence-corrected chi connectivity index (χ1v) is 11.6. The number of rotatable bonds is 7. The zero-order chi connectivity index (χ0) is 22.5. The first kappa shape index (κ1) is 21.5. The van der Waals surface area contributed by atoms with Crippen LogP contribution in [0.25, 0.3) is 11.6 Å². The van der Waals surface area contributed by atoms with Gasteiger partial charge in [-0.3, -0.25) is 0 Å². The number of piperidine rings is 1. The van der Waals surface area contributed by atoms with Gasteiger partial charge in [0.25, 0.3) is 0 Å². The third-order valence-corrected chi connectivity index (χ3v) is 7.74. The standard InChI is InChI=1S/C22H24F3N5OS/c1-14-18(31-13-26-14)19-27-28-20(29(19)2)32-9-3-8-30-11-17-10-21(17,12-30)15-4-6-16(7-5-15)22(23,24)25/h4-7,13,17H,3,8-12H2,1-2H3/t17-,21+/m1/s1. The summed E-state index contributed by atoms with van der Waals surface area (Å²) in [7, 11) is 1.92. The molecule has 1 aromatic carbocycles. The molecule has 1 saturated carbocycles. The number of alkyl halides is 3. The lowest BCUT2D eigenvalue weighted by Gasteiger charge is -2.21. The Morgan fingerprint density at radius 2 is 2.00 bits per heavy atom. The molecule has 2 atom stereocenters. The van der Waals surface area contributed by atoms with E-state index in [9.17, 15) is 13.2 Å². The average Bonchev–Trinajstić information content (AvgIpc) is 3.05. The highest BCUT2D eigenvalue weighted by Crippen LogP contribution is 2.59. The summed E-state index contributed by atoms with van der Waals surface area (Å²) in [6, 6.07) is 5.77. The van der Waals surface area contributed by atoms with Crippen molar-refractivity contribution in [1.82, 2.24) is 24.6 Å². The van der Waals surface area contributed by atoms with E-state index < -0.39 is 11.7 Å². The Morgan fingerprint density at radius 1 is 1.22 bits per heavy atom. The minimum absolute atomic E-state index is 0.0463. The number of hydrogen-bond donors (Lipinski definition) is 0. The second-order valence-corrected chi connectivity index (χ2v) is 9.76. The largest absolute Gasteiger partial charge is 0.440 e. The van der Waals surface area contributed by atoms with E-state index in [0.717, 1.165) is 54.6 Å². The van der Waals surface area contributed by atoms with E-state index >= 15 is 0 Å². The van der Waals surface area contributed by atoms with E-state index in [4.69, 9.17) is 4.42 Å². The van der Waals surface area contributed by atoms with Gasteiger partial charge < -0.3 is 13.9 Å². The number of halogens is 3. The molecule has 1 aliphatic heterocycles. The fraction of sp³-hybridized carbons (Fsp3) is 0.500. The topological polar surface area (TPSA) is 60.0 Å². The van der Waals surface area contributed by atoms with E-state index in [1.165, 1.54) is 18.5 Å². The van der Waals surface area contributed by atoms with Crippen LogP contribution in [0.3, 0.4) is 0 Å². The number of likely N-dealkylation sites (tertiary alicyclic amines) is 1. The van der Waals surface area contributed by atoms with Crippen molar-refractivity contribution < 1.29 is 17.6 Å². The summed E-state index contributed by atoms with van der Waals surface area (Å²) in [5.41, 5.74) is 1.30. The molecule has 3 aromatic rings. The maximum absolute atomic E-state index is 12.8. The van der Waals surface area contributed by atoms with Gasteiger partial charge in [0.05, 0.1) is 11.3 Å². The van der Waals surface area contributed by atoms with E-state index in [1.54, 1.807) is 23.9 Å². The summed E-state index contributed by atoms with van der Waals surface area (Å²) < 4.78 is 45.9. The highest BCUT2D eigenvalue weighted by Gasteiger charge is 2.60. The van der Waals surface area contributed by atoms with Crippen molar-refractivity contribution in [2.75, 3.05) is 25.4 Å². The van der Waals surface area contributed by atoms with Crippen LogP contribution in [0.1, 0.15) is 29.7 Å². The SMILES string of the molecule is Cc1ncoc1-c1nnc(SCCCN2C[C@H]3C[C@@]3(c3ccc(C(F)(F)F)cc3)C2)n1C. The molecule has 5 rings (SSSR count). The quantitative estimate of drug-likeness (QED) is 0.378. The molecule has 6 nitrogen and oxygen atoms in total. The monoisotopic (exact) mass is 463 g/mol. The third kappa shape index (κ3) is 3.83. The summed E-state index contributed by atoms with van der Waals surface area (Å²) in [5, 5.41) is 9.34. The van der Waals surface area contributed by atoms with Crippen molar-refractivity contribution in [1.29, 1.82) is 0 Å². The van der Waals surface area contributed by atoms with Crippen LogP contribution in [0.5, 0.6) is 0 Å². The Hall–Kier alpha value is -2.33. The molecule has 0 amide bonds. The third-order valence-electron chi connectivity index (χ3n) is 6.64. The van der Waals surface area contributed by atoms with Crippen LogP contribution < -0.4 is 0 Å². The summed E-state index contributed by atoms with van der Waals surface area (Å²) in [6.07, 6.45) is -0.795. The fourth-order valence-electron chi connectivity index (χ4n) is 4.80. The van der Waals surface area contributed by atoms with Gasteiger partial charge in [-0.1, -0.05) is 23.9 Å². The number of benzene rings is 1. The van der Waals surface area contributed by atoms with Crippen molar-refractivity contribution in [2.24, 2.45) is 13.0 Å². The van der Waals surface area contributed by atoms with Crippen molar-refractivity contribution >= 4 is 11.8 Å². The van der Waals surface area contributed by atoms with Gasteiger partial charge in [0.15, 0.2) is 17.3 Å². The van der Waals surface area contributed by atoms with Crippen LogP contribution >= 0.6 is 11.8 Å². The van der Waals surface area contributed by atoms with Gasteiger partial charge in [0.2, 0.25) is 5.82 Å². The maximum Gasteiger partial charge on any atom is 0.416 e. The number of hydrogen-bond acceptors (Lipinski definition) is 6. The lowest BCUT2D eigenvalue weighted by Crippen LogP contribution is -2.28. The van der Waals surface area contributed by atoms with E-state index in [2.05, 4.69) is 20.1 Å². The van der Waals surface area contributed by atoms with Crippen LogP contribution in [-0.2, 0) is 18.6 Å². The molecule has 2 aromatic heterocycles. The van der Waals surface area contributed by atoms with Crippen LogP contribution in [0.4, 0.5) is 13.2 Å². The van der Waals surface area contributed by atoms with E-state index in [1.807, 2.05) is 18.5 Å². The normalized spacial score (nSPS) is 23.0. The van der Waals surface area contributed by atoms with Crippen LogP contribution in [0.15, 0.2) is 40.2 Å². The van der Waals surface area contributed by atoms with Crippen molar-refractivity contribution in [3.8, 4) is 11.6 Å². The predicted molar refractivity (Wildman–Crippen MR) is 114 cm³/mol. The van der Waals surface area contributed by atoms with Crippen LogP contribution in [0.2, 0.25) is 0 Å². The molecule has 1 aliphatic carbocycles. The van der Waals surface area contributed by atoms with Gasteiger partial charge in [0.1, 0.15) is 0 Å². The van der Waals surface area contributed by atoms with Crippen LogP contribution in [-0.4, -0.2) is 50.0 Å². The van der Waals surface area contributed by atoms with Gasteiger partial charge in [-0.15, -0.1) is 10.2 Å². The van der Waals surface area contributed by atoms with Gasteiger partial charge in [0, 0.05) is 31.3 Å². The Morgan fingerprint density at radius 3 is 2.69 bits per heavy atom. The zero-order valence-corrected chi connectivity index (χ0v) is 18.7. The molecule has 170 valence electrons. The minimum atomic E-state index is -4.28. The molecular weight excluding hydrogens is 439 g/mol. The molecule has 0 N–H and O–H groups in total. The number of oxazole rings is 1. The Balaban J connectivity index is 1.12. The molecule has 2 aliphatic rings. The number of aromatic nitrogens is 4. The number of aryl methyl sites for hydroxylation is 1. The van der Waals surface area contributed by atoms with Crippen molar-refractivity contribution in [3.05, 3.63) is 47.5 Å². The summed E-state index contributed by atoms with van der Waals surface area (Å²) in [6.45, 7) is 4.79. The van der Waals surface area contributed by atoms with E-state index in [0.29, 0.717) is 17.5 Å². The average molecular weight is 464 g/mol. The predicted octanol–water partition coefficient (Wildman–Crippen LogP) is 4.55. The molecule has 32 heavy (non-hydrogen) atoms. The summed E-state index contributed by atoms with van der Waals surface area (Å²) in [4.78, 5) is 6.54. The number of nitrogens with zero attached hydrogens (tertiary/aromatic N) is 5. The Kier molecular flexibility index (Phi) is 5.32. The highest BCUT2D eigenvalue weighted by molar-refractivity contribution is 7.99. The fourth-order valence-corrected chi connectivity index (χ4v) is 5.64. The maximum atomic E-state index is 12.8. The molecule has 2 fully saturated rings. The minimum Gasteiger partial charge on any atom is -0.440 e. The molecule has 0 unspecified atom stereocenters. The van der Waals surface area contributed by atoms with Gasteiger partial charge in [-0.05, 0) is 49.9 Å². The van der Waals surface area contributed by atoms with Gasteiger partial charge in [-0.2, -0.15) is 13.2 Å². The molecule has 0 radical (unpaired) electrons. The zero-order valence-electron chi connectivity index (χ0n) is 17.9. The van der Waals surface area contributed by atoms with Gasteiger partial charge >= 0.3 is 6.18 Å². The first-order valence-electron chi connectivity index (χ1n) is 10.6. The Labute approximate surface area is 188 Å². The second-order valence-electron chi connectivity index (χ2n) is 8.70. The Bertz CT molecular complexity index is 1110. The summed E-state index contributed by atoms with van der Waals surface area (Å²) in [5.74, 6) is 2.77. The van der Waals surface area contributed by atoms with Crippen LogP contribution in [0, 0.1) is 12.8 Å². The molecule has 0 spiro atoms. The smallest absolute Gasteiger partial charge is 0.416 e. The van der Waals surface area contributed by atoms with Crippen molar-refractivity contribution in [2.45, 2.75) is 36.5 Å². The summed E-state index contributed by atoms with van der Waals surface area (Å²) >= 11 is 1.66. The number of thioether (sulfide) groups is 1. The molecular formula is C22H24F3N5OS. The highest BCUT2D eigenvalue weighted by atomic mass is 32.2. The lowest BCUT2D eigenvalue weighted by atomic mass is 9.94.